The zero-order chi connectivity index (χ0) is 20.4. The van der Waals surface area contributed by atoms with E-state index in [1.807, 2.05) is 0 Å². The van der Waals surface area contributed by atoms with Crippen molar-refractivity contribution in [3.05, 3.63) is 30.1 Å². The van der Waals surface area contributed by atoms with Crippen LogP contribution in [0.4, 0.5) is 4.39 Å². The Morgan fingerprint density at radius 1 is 1.17 bits per heavy atom. The number of guanidine groups is 1. The number of halogens is 1. The second-order valence-electron chi connectivity index (χ2n) is 8.49. The molecule has 0 aromatic heterocycles. The van der Waals surface area contributed by atoms with Crippen LogP contribution in [0.25, 0.3) is 0 Å². The average Bonchev–Trinajstić information content (AvgIpc) is 3.35. The number of nitrogens with one attached hydrogen (secondary N) is 1. The van der Waals surface area contributed by atoms with Crippen LogP contribution in [0.2, 0.25) is 0 Å². The van der Waals surface area contributed by atoms with E-state index in [0.717, 1.165) is 50.0 Å². The van der Waals surface area contributed by atoms with Gasteiger partial charge in [-0.3, -0.25) is 9.89 Å². The summed E-state index contributed by atoms with van der Waals surface area (Å²) in [6, 6.07) is 6.28. The van der Waals surface area contributed by atoms with E-state index in [9.17, 15) is 12.8 Å². The van der Waals surface area contributed by atoms with Gasteiger partial charge in [0.1, 0.15) is 10.7 Å². The second kappa shape index (κ2) is 8.60. The summed E-state index contributed by atoms with van der Waals surface area (Å²) >= 11 is 0. The van der Waals surface area contributed by atoms with Crippen molar-refractivity contribution in [2.45, 2.75) is 36.6 Å². The Hall–Kier alpha value is -1.67. The van der Waals surface area contributed by atoms with Gasteiger partial charge in [-0.15, -0.1) is 0 Å². The molecule has 8 heteroatoms. The molecule has 3 aliphatic rings. The van der Waals surface area contributed by atoms with Gasteiger partial charge in [-0.1, -0.05) is 18.6 Å². The lowest BCUT2D eigenvalue weighted by Gasteiger charge is -2.41. The van der Waals surface area contributed by atoms with Crippen molar-refractivity contribution in [3.8, 4) is 0 Å². The van der Waals surface area contributed by atoms with Crippen molar-refractivity contribution in [2.75, 3.05) is 45.5 Å². The molecule has 2 saturated carbocycles. The van der Waals surface area contributed by atoms with Crippen molar-refractivity contribution in [3.63, 3.8) is 0 Å². The summed E-state index contributed by atoms with van der Waals surface area (Å²) in [6.45, 7) is 4.06. The minimum Gasteiger partial charge on any atom is -0.355 e. The second-order valence-corrected chi connectivity index (χ2v) is 10.6. The number of rotatable bonds is 5. The average molecular weight is 423 g/mol. The highest BCUT2D eigenvalue weighted by atomic mass is 32.2. The van der Waals surface area contributed by atoms with Gasteiger partial charge in [-0.25, -0.2) is 12.8 Å². The fraction of sp³-hybridized carbons (Fsp3) is 0.667. The minimum absolute atomic E-state index is 0.169. The standard InChI is InChI=1S/C21H31FN4O2S/c1-23-21(24-8-13-29(27,28)20-5-3-2-4-18(20)22)26-11-9-25(10-12-26)19-15-16-6-7-17(19)14-16/h2-5,16-17,19H,6-15H2,1H3,(H,23,24). The lowest BCUT2D eigenvalue weighted by atomic mass is 9.93. The van der Waals surface area contributed by atoms with Gasteiger partial charge in [0.05, 0.1) is 5.75 Å². The molecule has 1 aliphatic heterocycles. The fourth-order valence-electron chi connectivity index (χ4n) is 5.36. The molecular weight excluding hydrogens is 391 g/mol. The highest BCUT2D eigenvalue weighted by Crippen LogP contribution is 2.46. The van der Waals surface area contributed by atoms with Crippen LogP contribution < -0.4 is 5.32 Å². The summed E-state index contributed by atoms with van der Waals surface area (Å²) in [5, 5.41) is 3.15. The molecule has 3 atom stereocenters. The maximum Gasteiger partial charge on any atom is 0.193 e. The number of benzene rings is 1. The number of hydrogen-bond donors (Lipinski definition) is 1. The smallest absolute Gasteiger partial charge is 0.193 e. The molecule has 4 rings (SSSR count). The number of nitrogens with zero attached hydrogens (tertiary/aromatic N) is 3. The molecule has 1 aromatic carbocycles. The molecule has 0 spiro atoms. The summed E-state index contributed by atoms with van der Waals surface area (Å²) in [6.07, 6.45) is 5.61. The number of fused-ring (bicyclic) bond motifs is 2. The first-order valence-corrected chi connectivity index (χ1v) is 12.3. The van der Waals surface area contributed by atoms with Gasteiger partial charge in [0, 0.05) is 45.8 Å². The predicted octanol–water partition coefficient (Wildman–Crippen LogP) is 1.98. The van der Waals surface area contributed by atoms with E-state index in [2.05, 4.69) is 20.1 Å². The third kappa shape index (κ3) is 4.43. The third-order valence-electron chi connectivity index (χ3n) is 6.82. The van der Waals surface area contributed by atoms with Crippen LogP contribution in [0.5, 0.6) is 0 Å². The van der Waals surface area contributed by atoms with Gasteiger partial charge < -0.3 is 10.2 Å². The quantitative estimate of drug-likeness (QED) is 0.581. The van der Waals surface area contributed by atoms with E-state index in [-0.39, 0.29) is 17.2 Å². The Morgan fingerprint density at radius 3 is 2.55 bits per heavy atom. The maximum atomic E-state index is 13.8. The number of piperazine rings is 1. The number of sulfone groups is 1. The van der Waals surface area contributed by atoms with Crippen molar-refractivity contribution in [1.29, 1.82) is 0 Å². The topological polar surface area (TPSA) is 65.0 Å². The summed E-state index contributed by atoms with van der Waals surface area (Å²) in [4.78, 5) is 8.93. The van der Waals surface area contributed by atoms with Crippen molar-refractivity contribution >= 4 is 15.8 Å². The van der Waals surface area contributed by atoms with E-state index < -0.39 is 15.7 Å². The van der Waals surface area contributed by atoms with Crippen molar-refractivity contribution < 1.29 is 12.8 Å². The van der Waals surface area contributed by atoms with Gasteiger partial charge in [0.15, 0.2) is 15.8 Å². The minimum atomic E-state index is -3.67. The van der Waals surface area contributed by atoms with Crippen LogP contribution >= 0.6 is 0 Å². The van der Waals surface area contributed by atoms with Gasteiger partial charge in [0.25, 0.3) is 0 Å². The van der Waals surface area contributed by atoms with E-state index >= 15 is 0 Å². The SMILES string of the molecule is CN=C(NCCS(=O)(=O)c1ccccc1F)N1CCN(C2CC3CCC2C3)CC1. The Kier molecular flexibility index (Phi) is 6.11. The number of aliphatic imine (C=N–C) groups is 1. The molecule has 3 fully saturated rings. The van der Waals surface area contributed by atoms with E-state index in [0.29, 0.717) is 0 Å². The summed E-state index contributed by atoms with van der Waals surface area (Å²) in [5.74, 6) is 1.70. The normalized spacial score (nSPS) is 28.1. The molecule has 1 N–H and O–H groups in total. The molecule has 3 unspecified atom stereocenters. The molecular formula is C21H31FN4O2S. The van der Waals surface area contributed by atoms with Crippen LogP contribution in [-0.2, 0) is 9.84 Å². The van der Waals surface area contributed by atoms with Crippen molar-refractivity contribution in [1.82, 2.24) is 15.1 Å². The van der Waals surface area contributed by atoms with Crippen LogP contribution in [0.1, 0.15) is 25.7 Å². The zero-order valence-corrected chi connectivity index (χ0v) is 17.9. The summed E-state index contributed by atoms with van der Waals surface area (Å²) in [7, 11) is -1.95. The Labute approximate surface area is 173 Å². The van der Waals surface area contributed by atoms with Crippen molar-refractivity contribution in [2.24, 2.45) is 16.8 Å². The van der Waals surface area contributed by atoms with E-state index in [1.165, 1.54) is 49.9 Å². The Bertz CT molecular complexity index is 852. The number of hydrogen-bond acceptors (Lipinski definition) is 4. The van der Waals surface area contributed by atoms with Crippen LogP contribution in [0.15, 0.2) is 34.2 Å². The predicted molar refractivity (Wildman–Crippen MR) is 112 cm³/mol. The van der Waals surface area contributed by atoms with Gasteiger partial charge in [0.2, 0.25) is 0 Å². The van der Waals surface area contributed by atoms with Crippen LogP contribution in [-0.4, -0.2) is 75.7 Å². The molecule has 1 aromatic rings. The first kappa shape index (κ1) is 20.6. The maximum absolute atomic E-state index is 13.8. The lowest BCUT2D eigenvalue weighted by Crippen LogP contribution is -2.55. The van der Waals surface area contributed by atoms with Gasteiger partial charge in [-0.2, -0.15) is 0 Å². The highest BCUT2D eigenvalue weighted by Gasteiger charge is 2.42. The van der Waals surface area contributed by atoms with E-state index in [1.54, 1.807) is 7.05 Å². The molecule has 1 heterocycles. The Balaban J connectivity index is 1.26. The largest absolute Gasteiger partial charge is 0.355 e. The van der Waals surface area contributed by atoms with Crippen LogP contribution in [0.3, 0.4) is 0 Å². The molecule has 160 valence electrons. The molecule has 6 nitrogen and oxygen atoms in total. The van der Waals surface area contributed by atoms with Gasteiger partial charge in [-0.05, 0) is 43.2 Å². The third-order valence-corrected chi connectivity index (χ3v) is 8.56. The Morgan fingerprint density at radius 2 is 1.93 bits per heavy atom. The highest BCUT2D eigenvalue weighted by molar-refractivity contribution is 7.91. The fourth-order valence-corrected chi connectivity index (χ4v) is 6.60. The van der Waals surface area contributed by atoms with E-state index in [4.69, 9.17) is 0 Å². The molecule has 2 aliphatic carbocycles. The molecule has 0 radical (unpaired) electrons. The molecule has 29 heavy (non-hydrogen) atoms. The van der Waals surface area contributed by atoms with Crippen LogP contribution in [0, 0.1) is 17.7 Å². The first-order chi connectivity index (χ1) is 14.0. The summed E-state index contributed by atoms with van der Waals surface area (Å²) < 4.78 is 38.6. The van der Waals surface area contributed by atoms with Gasteiger partial charge >= 0.3 is 0 Å². The molecule has 1 saturated heterocycles. The first-order valence-electron chi connectivity index (χ1n) is 10.6. The summed E-state index contributed by atoms with van der Waals surface area (Å²) in [5.41, 5.74) is 0. The monoisotopic (exact) mass is 422 g/mol. The molecule has 0 amide bonds. The zero-order valence-electron chi connectivity index (χ0n) is 17.1. The molecule has 2 bridgehead atoms. The lowest BCUT2D eigenvalue weighted by molar-refractivity contribution is 0.0959.